The zero-order valence-electron chi connectivity index (χ0n) is 18.0. The van der Waals surface area contributed by atoms with E-state index in [-0.39, 0.29) is 36.1 Å². The number of hydrogen-bond donors (Lipinski definition) is 2. The van der Waals surface area contributed by atoms with E-state index >= 15 is 0 Å². The van der Waals surface area contributed by atoms with Crippen LogP contribution in [0.5, 0.6) is 0 Å². The Hall–Kier alpha value is -2.19. The molecular formula is C23H29Cl2FN4O2. The van der Waals surface area contributed by atoms with E-state index in [0.717, 1.165) is 5.56 Å². The highest BCUT2D eigenvalue weighted by atomic mass is 35.5. The Morgan fingerprint density at radius 1 is 1.09 bits per heavy atom. The second-order valence-corrected chi connectivity index (χ2v) is 8.21. The predicted octanol–water partition coefficient (Wildman–Crippen LogP) is 2.79. The van der Waals surface area contributed by atoms with Crippen LogP contribution in [-0.4, -0.2) is 60.4 Å². The van der Waals surface area contributed by atoms with Crippen LogP contribution < -0.4 is 11.1 Å². The van der Waals surface area contributed by atoms with Crippen molar-refractivity contribution >= 4 is 35.8 Å². The van der Waals surface area contributed by atoms with Gasteiger partial charge in [-0.25, -0.2) is 4.39 Å². The fourth-order valence-electron chi connectivity index (χ4n) is 3.87. The van der Waals surface area contributed by atoms with Gasteiger partial charge in [-0.15, -0.1) is 12.4 Å². The molecule has 1 aliphatic rings. The van der Waals surface area contributed by atoms with Crippen molar-refractivity contribution in [1.82, 2.24) is 15.1 Å². The van der Waals surface area contributed by atoms with Gasteiger partial charge in [0.05, 0.1) is 12.1 Å². The van der Waals surface area contributed by atoms with E-state index in [2.05, 4.69) is 10.2 Å². The Bertz CT molecular complexity index is 905. The third kappa shape index (κ3) is 6.90. The maximum absolute atomic E-state index is 14.4. The second-order valence-electron chi connectivity index (χ2n) is 7.77. The summed E-state index contributed by atoms with van der Waals surface area (Å²) < 4.78 is 14.4. The predicted molar refractivity (Wildman–Crippen MR) is 126 cm³/mol. The highest BCUT2D eigenvalue weighted by molar-refractivity contribution is 6.30. The summed E-state index contributed by atoms with van der Waals surface area (Å²) in [5.74, 6) is -0.566. The van der Waals surface area contributed by atoms with Crippen LogP contribution in [0.15, 0.2) is 48.5 Å². The van der Waals surface area contributed by atoms with Gasteiger partial charge in [-0.05, 0) is 30.2 Å². The smallest absolute Gasteiger partial charge is 0.239 e. The first kappa shape index (κ1) is 26.1. The molecule has 3 N–H and O–H groups in total. The molecule has 0 radical (unpaired) electrons. The Balaban J connectivity index is 0.00000363. The molecule has 2 amide bonds. The molecule has 2 unspecified atom stereocenters. The lowest BCUT2D eigenvalue weighted by Crippen LogP contribution is -2.55. The average molecular weight is 483 g/mol. The molecule has 32 heavy (non-hydrogen) atoms. The van der Waals surface area contributed by atoms with Gasteiger partial charge >= 0.3 is 0 Å². The molecule has 2 atom stereocenters. The summed E-state index contributed by atoms with van der Waals surface area (Å²) in [6.07, 6.45) is 0.441. The van der Waals surface area contributed by atoms with Crippen LogP contribution in [0.2, 0.25) is 5.02 Å². The normalized spacial score (nSPS) is 16.1. The molecule has 1 fully saturated rings. The first-order valence-electron chi connectivity index (χ1n) is 10.4. The average Bonchev–Trinajstić information content (AvgIpc) is 2.76. The lowest BCUT2D eigenvalue weighted by Gasteiger charge is -2.40. The van der Waals surface area contributed by atoms with Crippen LogP contribution in [0.1, 0.15) is 24.1 Å². The Morgan fingerprint density at radius 2 is 1.72 bits per heavy atom. The van der Waals surface area contributed by atoms with Gasteiger partial charge in [0.15, 0.2) is 0 Å². The van der Waals surface area contributed by atoms with Crippen LogP contribution in [0.25, 0.3) is 0 Å². The number of nitrogens with zero attached hydrogens (tertiary/aromatic N) is 2. The zero-order valence-corrected chi connectivity index (χ0v) is 19.5. The standard InChI is InChI=1S/C23H28ClFN4O2.ClH/c1-16(30)27-15-22(19-4-2-3-5-20(19)25)28-10-12-29(13-11-28)23(31)21(26)14-17-6-8-18(24)9-7-17;/h2-9,21-22H,10-15,26H2,1H3,(H,27,30);1H. The first-order valence-corrected chi connectivity index (χ1v) is 10.7. The molecule has 174 valence electrons. The molecule has 9 heteroatoms. The lowest BCUT2D eigenvalue weighted by atomic mass is 10.0. The molecule has 2 aromatic rings. The lowest BCUT2D eigenvalue weighted by molar-refractivity contribution is -0.134. The van der Waals surface area contributed by atoms with Crippen molar-refractivity contribution in [2.24, 2.45) is 5.73 Å². The van der Waals surface area contributed by atoms with Gasteiger partial charge in [0.25, 0.3) is 0 Å². The van der Waals surface area contributed by atoms with Crippen LogP contribution in [-0.2, 0) is 16.0 Å². The van der Waals surface area contributed by atoms with Gasteiger partial charge in [-0.3, -0.25) is 14.5 Å². The van der Waals surface area contributed by atoms with E-state index in [1.54, 1.807) is 35.2 Å². The highest BCUT2D eigenvalue weighted by Crippen LogP contribution is 2.24. The van der Waals surface area contributed by atoms with Crippen molar-refractivity contribution in [2.45, 2.75) is 25.4 Å². The fourth-order valence-corrected chi connectivity index (χ4v) is 4.00. The fraction of sp³-hybridized carbons (Fsp3) is 0.391. The zero-order chi connectivity index (χ0) is 22.4. The van der Waals surface area contributed by atoms with Gasteiger partial charge in [0, 0.05) is 50.2 Å². The molecular weight excluding hydrogens is 454 g/mol. The van der Waals surface area contributed by atoms with E-state index < -0.39 is 6.04 Å². The van der Waals surface area contributed by atoms with E-state index in [1.165, 1.54) is 13.0 Å². The van der Waals surface area contributed by atoms with Gasteiger partial charge in [0.1, 0.15) is 5.82 Å². The molecule has 1 heterocycles. The Morgan fingerprint density at radius 3 is 2.31 bits per heavy atom. The van der Waals surface area contributed by atoms with Gasteiger partial charge in [0.2, 0.25) is 11.8 Å². The number of hydrogen-bond acceptors (Lipinski definition) is 4. The summed E-state index contributed by atoms with van der Waals surface area (Å²) in [6, 6.07) is 13.0. The van der Waals surface area contributed by atoms with Crippen LogP contribution >= 0.6 is 24.0 Å². The summed E-state index contributed by atoms with van der Waals surface area (Å²) in [7, 11) is 0. The third-order valence-corrected chi connectivity index (χ3v) is 5.81. The van der Waals surface area contributed by atoms with Crippen LogP contribution in [0.3, 0.4) is 0 Å². The molecule has 3 rings (SSSR count). The van der Waals surface area contributed by atoms with Crippen molar-refractivity contribution in [2.75, 3.05) is 32.7 Å². The number of piperazine rings is 1. The summed E-state index contributed by atoms with van der Waals surface area (Å²) in [6.45, 7) is 3.88. The van der Waals surface area contributed by atoms with Crippen molar-refractivity contribution in [3.63, 3.8) is 0 Å². The van der Waals surface area contributed by atoms with Crippen molar-refractivity contribution in [3.05, 3.63) is 70.5 Å². The molecule has 6 nitrogen and oxygen atoms in total. The molecule has 0 bridgehead atoms. The first-order chi connectivity index (χ1) is 14.8. The summed E-state index contributed by atoms with van der Waals surface area (Å²) in [5.41, 5.74) is 7.66. The number of benzene rings is 2. The maximum atomic E-state index is 14.4. The molecule has 1 saturated heterocycles. The van der Waals surface area contributed by atoms with Crippen molar-refractivity contribution in [3.8, 4) is 0 Å². The van der Waals surface area contributed by atoms with Crippen LogP contribution in [0, 0.1) is 5.82 Å². The van der Waals surface area contributed by atoms with E-state index in [0.29, 0.717) is 49.7 Å². The molecule has 1 aliphatic heterocycles. The largest absolute Gasteiger partial charge is 0.354 e. The Kier molecular flexibility index (Phi) is 9.90. The van der Waals surface area contributed by atoms with Gasteiger partial charge in [-0.2, -0.15) is 0 Å². The number of nitrogens with one attached hydrogen (secondary N) is 1. The number of nitrogens with two attached hydrogens (primary N) is 1. The highest BCUT2D eigenvalue weighted by Gasteiger charge is 2.30. The number of halogens is 3. The quantitative estimate of drug-likeness (QED) is 0.635. The Labute approximate surface area is 199 Å². The molecule has 0 aliphatic carbocycles. The SMILES string of the molecule is CC(=O)NCC(c1ccccc1F)N1CCN(C(=O)C(N)Cc2ccc(Cl)cc2)CC1.Cl. The van der Waals surface area contributed by atoms with E-state index in [4.69, 9.17) is 17.3 Å². The third-order valence-electron chi connectivity index (χ3n) is 5.56. The number of amides is 2. The molecule has 2 aromatic carbocycles. The monoisotopic (exact) mass is 482 g/mol. The van der Waals surface area contributed by atoms with Crippen molar-refractivity contribution < 1.29 is 14.0 Å². The molecule has 0 spiro atoms. The minimum absolute atomic E-state index is 0. The summed E-state index contributed by atoms with van der Waals surface area (Å²) in [4.78, 5) is 28.1. The summed E-state index contributed by atoms with van der Waals surface area (Å²) >= 11 is 5.91. The minimum atomic E-state index is -0.630. The van der Waals surface area contributed by atoms with Gasteiger partial charge < -0.3 is 16.0 Å². The second kappa shape index (κ2) is 12.2. The van der Waals surface area contributed by atoms with Crippen molar-refractivity contribution in [1.29, 1.82) is 0 Å². The minimum Gasteiger partial charge on any atom is -0.354 e. The maximum Gasteiger partial charge on any atom is 0.239 e. The number of rotatable bonds is 7. The van der Waals surface area contributed by atoms with E-state index in [9.17, 15) is 14.0 Å². The van der Waals surface area contributed by atoms with Crippen LogP contribution in [0.4, 0.5) is 4.39 Å². The number of carbonyl (C=O) groups is 2. The van der Waals surface area contributed by atoms with Gasteiger partial charge in [-0.1, -0.05) is 41.9 Å². The van der Waals surface area contributed by atoms with E-state index in [1.807, 2.05) is 12.1 Å². The summed E-state index contributed by atoms with van der Waals surface area (Å²) in [5, 5.41) is 3.44. The molecule has 0 aromatic heterocycles. The topological polar surface area (TPSA) is 78.7 Å². The number of carbonyl (C=O) groups excluding carboxylic acids is 2. The molecule has 0 saturated carbocycles.